The Kier molecular flexibility index (Phi) is 5.58. The van der Waals surface area contributed by atoms with Gasteiger partial charge in [-0.25, -0.2) is 9.18 Å². The fourth-order valence-electron chi connectivity index (χ4n) is 3.76. The first-order chi connectivity index (χ1) is 14.0. The van der Waals surface area contributed by atoms with Gasteiger partial charge in [-0.2, -0.15) is 0 Å². The van der Waals surface area contributed by atoms with Crippen LogP contribution < -0.4 is 15.1 Å². The highest BCUT2D eigenvalue weighted by atomic mass is 35.5. The molecule has 0 aliphatic carbocycles. The Bertz CT molecular complexity index is 883. The van der Waals surface area contributed by atoms with Crippen LogP contribution in [0.15, 0.2) is 48.5 Å². The summed E-state index contributed by atoms with van der Waals surface area (Å²) in [5, 5.41) is 3.60. The van der Waals surface area contributed by atoms with Crippen LogP contribution in [0.1, 0.15) is 6.42 Å². The molecule has 152 valence electrons. The number of hydrogen-bond donors (Lipinski definition) is 1. The van der Waals surface area contributed by atoms with Gasteiger partial charge in [0, 0.05) is 55.5 Å². The van der Waals surface area contributed by atoms with Crippen LogP contribution in [0.4, 0.5) is 20.6 Å². The predicted molar refractivity (Wildman–Crippen MR) is 111 cm³/mol. The van der Waals surface area contributed by atoms with E-state index in [0.717, 1.165) is 11.4 Å². The van der Waals surface area contributed by atoms with Gasteiger partial charge in [-0.15, -0.1) is 0 Å². The van der Waals surface area contributed by atoms with Crippen molar-refractivity contribution in [2.75, 3.05) is 42.5 Å². The standard InChI is InChI=1S/C21H22ClFN4O2/c22-15-1-5-19(6-2-15)27-14-17(13-20(27)28)24-21(29)26-11-9-25(10-12-26)18-7-3-16(23)4-8-18/h1-8,17H,9-14H2,(H,24,29)/t17-/m0/s1. The highest BCUT2D eigenvalue weighted by molar-refractivity contribution is 6.30. The highest BCUT2D eigenvalue weighted by Gasteiger charge is 2.33. The summed E-state index contributed by atoms with van der Waals surface area (Å²) in [7, 11) is 0. The van der Waals surface area contributed by atoms with Crippen molar-refractivity contribution in [1.82, 2.24) is 10.2 Å². The van der Waals surface area contributed by atoms with Crippen molar-refractivity contribution in [3.8, 4) is 0 Å². The zero-order valence-electron chi connectivity index (χ0n) is 15.9. The van der Waals surface area contributed by atoms with E-state index in [2.05, 4.69) is 10.2 Å². The largest absolute Gasteiger partial charge is 0.368 e. The number of carbonyl (C=O) groups excluding carboxylic acids is 2. The molecule has 0 unspecified atom stereocenters. The second-order valence-electron chi connectivity index (χ2n) is 7.28. The third-order valence-corrected chi connectivity index (χ3v) is 5.60. The molecule has 4 rings (SSSR count). The lowest BCUT2D eigenvalue weighted by Crippen LogP contribution is -2.53. The molecule has 0 bridgehead atoms. The fourth-order valence-corrected chi connectivity index (χ4v) is 3.89. The van der Waals surface area contributed by atoms with E-state index in [1.54, 1.807) is 46.2 Å². The van der Waals surface area contributed by atoms with Crippen molar-refractivity contribution in [2.45, 2.75) is 12.5 Å². The van der Waals surface area contributed by atoms with Gasteiger partial charge in [0.15, 0.2) is 0 Å². The molecule has 2 fully saturated rings. The summed E-state index contributed by atoms with van der Waals surface area (Å²) < 4.78 is 13.1. The molecule has 29 heavy (non-hydrogen) atoms. The maximum Gasteiger partial charge on any atom is 0.317 e. The monoisotopic (exact) mass is 416 g/mol. The molecular weight excluding hydrogens is 395 g/mol. The first kappa shape index (κ1) is 19.5. The molecule has 2 aromatic carbocycles. The van der Waals surface area contributed by atoms with E-state index >= 15 is 0 Å². The number of piperazine rings is 1. The lowest BCUT2D eigenvalue weighted by atomic mass is 10.2. The minimum Gasteiger partial charge on any atom is -0.368 e. The second kappa shape index (κ2) is 8.29. The van der Waals surface area contributed by atoms with Crippen LogP contribution in [0.25, 0.3) is 0 Å². The summed E-state index contributed by atoms with van der Waals surface area (Å²) in [6, 6.07) is 13.1. The number of urea groups is 1. The zero-order valence-corrected chi connectivity index (χ0v) is 16.6. The summed E-state index contributed by atoms with van der Waals surface area (Å²) in [5.74, 6) is -0.274. The molecule has 2 aliphatic rings. The van der Waals surface area contributed by atoms with Crippen LogP contribution in [0.3, 0.4) is 0 Å². The summed E-state index contributed by atoms with van der Waals surface area (Å²) in [5.41, 5.74) is 1.73. The molecular formula is C21H22ClFN4O2. The SMILES string of the molecule is O=C(N[C@H]1CC(=O)N(c2ccc(Cl)cc2)C1)N1CCN(c2ccc(F)cc2)CC1. The molecule has 2 aromatic rings. The first-order valence-corrected chi connectivity index (χ1v) is 9.99. The number of benzene rings is 2. The van der Waals surface area contributed by atoms with Gasteiger partial charge in [-0.3, -0.25) is 4.79 Å². The second-order valence-corrected chi connectivity index (χ2v) is 7.72. The lowest BCUT2D eigenvalue weighted by Gasteiger charge is -2.36. The lowest BCUT2D eigenvalue weighted by molar-refractivity contribution is -0.117. The average molecular weight is 417 g/mol. The summed E-state index contributed by atoms with van der Waals surface area (Å²) in [6.07, 6.45) is 0.282. The van der Waals surface area contributed by atoms with Crippen molar-refractivity contribution in [2.24, 2.45) is 0 Å². The third-order valence-electron chi connectivity index (χ3n) is 5.35. The van der Waals surface area contributed by atoms with Gasteiger partial charge in [0.2, 0.25) is 5.91 Å². The topological polar surface area (TPSA) is 55.9 Å². The van der Waals surface area contributed by atoms with Gasteiger partial charge in [0.05, 0.1) is 6.04 Å². The number of rotatable bonds is 3. The minimum absolute atomic E-state index is 0.0150. The minimum atomic E-state index is -0.259. The molecule has 8 heteroatoms. The van der Waals surface area contributed by atoms with E-state index in [1.807, 2.05) is 0 Å². The number of nitrogens with one attached hydrogen (secondary N) is 1. The Balaban J connectivity index is 1.29. The first-order valence-electron chi connectivity index (χ1n) is 9.61. The van der Waals surface area contributed by atoms with Gasteiger partial charge in [-0.1, -0.05) is 11.6 Å². The summed E-state index contributed by atoms with van der Waals surface area (Å²) in [6.45, 7) is 2.95. The Morgan fingerprint density at radius 2 is 1.59 bits per heavy atom. The van der Waals surface area contributed by atoms with E-state index in [1.165, 1.54) is 12.1 Å². The Morgan fingerprint density at radius 1 is 0.966 bits per heavy atom. The normalized spacial score (nSPS) is 19.6. The van der Waals surface area contributed by atoms with Crippen LogP contribution in [-0.4, -0.2) is 55.6 Å². The molecule has 0 saturated carbocycles. The molecule has 2 aliphatic heterocycles. The van der Waals surface area contributed by atoms with Crippen molar-refractivity contribution in [3.05, 3.63) is 59.4 Å². The Hall–Kier alpha value is -2.80. The Labute approximate surface area is 173 Å². The number of halogens is 2. The van der Waals surface area contributed by atoms with Crippen molar-refractivity contribution < 1.29 is 14.0 Å². The van der Waals surface area contributed by atoms with E-state index in [4.69, 9.17) is 11.6 Å². The van der Waals surface area contributed by atoms with Gasteiger partial charge in [0.1, 0.15) is 5.82 Å². The molecule has 6 nitrogen and oxygen atoms in total. The third kappa shape index (κ3) is 4.45. The smallest absolute Gasteiger partial charge is 0.317 e. The van der Waals surface area contributed by atoms with Gasteiger partial charge < -0.3 is 20.0 Å². The molecule has 0 aromatic heterocycles. The maximum atomic E-state index is 13.1. The van der Waals surface area contributed by atoms with E-state index < -0.39 is 0 Å². The quantitative estimate of drug-likeness (QED) is 0.836. The van der Waals surface area contributed by atoms with Gasteiger partial charge in [-0.05, 0) is 48.5 Å². The van der Waals surface area contributed by atoms with Crippen LogP contribution in [0.2, 0.25) is 5.02 Å². The van der Waals surface area contributed by atoms with Crippen molar-refractivity contribution in [1.29, 1.82) is 0 Å². The number of nitrogens with zero attached hydrogens (tertiary/aromatic N) is 3. The number of hydrogen-bond acceptors (Lipinski definition) is 3. The van der Waals surface area contributed by atoms with Crippen molar-refractivity contribution >= 4 is 34.9 Å². The Morgan fingerprint density at radius 3 is 2.24 bits per heavy atom. The fraction of sp³-hybridized carbons (Fsp3) is 0.333. The molecule has 2 saturated heterocycles. The number of anilines is 2. The van der Waals surface area contributed by atoms with Crippen LogP contribution in [0, 0.1) is 5.82 Å². The van der Waals surface area contributed by atoms with Crippen LogP contribution in [-0.2, 0) is 4.79 Å². The molecule has 1 atom stereocenters. The molecule has 2 heterocycles. The zero-order chi connectivity index (χ0) is 20.4. The van der Waals surface area contributed by atoms with Gasteiger partial charge >= 0.3 is 6.03 Å². The molecule has 0 spiro atoms. The molecule has 3 amide bonds. The number of amides is 3. The van der Waals surface area contributed by atoms with E-state index in [9.17, 15) is 14.0 Å². The van der Waals surface area contributed by atoms with E-state index in [-0.39, 0.29) is 30.2 Å². The van der Waals surface area contributed by atoms with Crippen LogP contribution >= 0.6 is 11.6 Å². The summed E-state index contributed by atoms with van der Waals surface area (Å²) in [4.78, 5) is 30.5. The predicted octanol–water partition coefficient (Wildman–Crippen LogP) is 3.12. The molecule has 0 radical (unpaired) electrons. The average Bonchev–Trinajstić information content (AvgIpc) is 3.09. The van der Waals surface area contributed by atoms with E-state index in [0.29, 0.717) is 37.7 Å². The van der Waals surface area contributed by atoms with Gasteiger partial charge in [0.25, 0.3) is 0 Å². The molecule has 1 N–H and O–H groups in total. The van der Waals surface area contributed by atoms with Crippen molar-refractivity contribution in [3.63, 3.8) is 0 Å². The maximum absolute atomic E-state index is 13.1. The number of carbonyl (C=O) groups is 2. The van der Waals surface area contributed by atoms with Crippen LogP contribution in [0.5, 0.6) is 0 Å². The summed E-state index contributed by atoms with van der Waals surface area (Å²) >= 11 is 5.91. The highest BCUT2D eigenvalue weighted by Crippen LogP contribution is 2.23.